The molecule has 3 rings (SSSR count). The smallest absolute Gasteiger partial charge is 0.275 e. The number of rotatable bonds is 1. The van der Waals surface area contributed by atoms with Crippen molar-refractivity contribution in [1.82, 2.24) is 9.96 Å². The SMILES string of the molecule is CN1CC[C@H]2O[C@H](C(=O)N3CCCCO3)CC[C@H]21. The largest absolute Gasteiger partial charge is 0.363 e. The van der Waals surface area contributed by atoms with E-state index in [0.29, 0.717) is 19.2 Å². The van der Waals surface area contributed by atoms with Crippen LogP contribution in [0.15, 0.2) is 0 Å². The lowest BCUT2D eigenvalue weighted by molar-refractivity contribution is -0.213. The third-order valence-corrected chi connectivity index (χ3v) is 4.35. The molecule has 18 heavy (non-hydrogen) atoms. The molecule has 3 heterocycles. The molecule has 0 bridgehead atoms. The maximum atomic E-state index is 12.3. The van der Waals surface area contributed by atoms with Crippen LogP contribution in [0, 0.1) is 0 Å². The number of carbonyl (C=O) groups excluding carboxylic acids is 1. The van der Waals surface area contributed by atoms with E-state index < -0.39 is 0 Å². The van der Waals surface area contributed by atoms with Gasteiger partial charge in [-0.1, -0.05) is 0 Å². The van der Waals surface area contributed by atoms with Crippen LogP contribution in [-0.2, 0) is 14.4 Å². The average Bonchev–Trinajstić information content (AvgIpc) is 2.80. The highest BCUT2D eigenvalue weighted by Crippen LogP contribution is 2.31. The second-order valence-electron chi connectivity index (χ2n) is 5.56. The van der Waals surface area contributed by atoms with E-state index in [1.165, 1.54) is 5.06 Å². The first-order valence-corrected chi connectivity index (χ1v) is 7.06. The Morgan fingerprint density at radius 2 is 2.06 bits per heavy atom. The maximum Gasteiger partial charge on any atom is 0.275 e. The minimum atomic E-state index is -0.282. The van der Waals surface area contributed by atoms with Gasteiger partial charge in [0, 0.05) is 19.1 Å². The molecular weight excluding hydrogens is 232 g/mol. The van der Waals surface area contributed by atoms with Crippen molar-refractivity contribution < 1.29 is 14.4 Å². The van der Waals surface area contributed by atoms with Crippen LogP contribution >= 0.6 is 0 Å². The summed E-state index contributed by atoms with van der Waals surface area (Å²) in [6, 6.07) is 0.510. The lowest BCUT2D eigenvalue weighted by atomic mass is 9.99. The number of hydrogen-bond acceptors (Lipinski definition) is 4. The quantitative estimate of drug-likeness (QED) is 0.694. The molecule has 0 unspecified atom stereocenters. The molecule has 0 aromatic carbocycles. The van der Waals surface area contributed by atoms with Crippen molar-refractivity contribution in [3.63, 3.8) is 0 Å². The van der Waals surface area contributed by atoms with E-state index in [9.17, 15) is 4.79 Å². The predicted octanol–water partition coefficient (Wildman–Crippen LogP) is 0.792. The summed E-state index contributed by atoms with van der Waals surface area (Å²) >= 11 is 0. The van der Waals surface area contributed by atoms with Crippen molar-refractivity contribution in [3.8, 4) is 0 Å². The molecule has 0 saturated carbocycles. The molecule has 0 N–H and O–H groups in total. The average molecular weight is 254 g/mol. The number of hydrogen-bond donors (Lipinski definition) is 0. The first kappa shape index (κ1) is 12.4. The van der Waals surface area contributed by atoms with E-state index in [4.69, 9.17) is 9.57 Å². The number of nitrogens with zero attached hydrogens (tertiary/aromatic N) is 2. The standard InChI is InChI=1S/C13H22N2O3/c1-14-8-6-11-10(14)4-5-12(18-11)13(16)15-7-2-3-9-17-15/h10-12H,2-9H2,1H3/t10-,11-,12+/m1/s1. The van der Waals surface area contributed by atoms with Crippen LogP contribution in [0.4, 0.5) is 0 Å². The lowest BCUT2D eigenvalue weighted by Crippen LogP contribution is -2.49. The highest BCUT2D eigenvalue weighted by Gasteiger charge is 2.41. The highest BCUT2D eigenvalue weighted by molar-refractivity contribution is 5.80. The summed E-state index contributed by atoms with van der Waals surface area (Å²) in [5.41, 5.74) is 0. The molecule has 5 nitrogen and oxygen atoms in total. The van der Waals surface area contributed by atoms with Gasteiger partial charge in [-0.05, 0) is 39.2 Å². The zero-order valence-electron chi connectivity index (χ0n) is 11.0. The van der Waals surface area contributed by atoms with Gasteiger partial charge in [-0.2, -0.15) is 0 Å². The molecule has 0 radical (unpaired) electrons. The molecule has 5 heteroatoms. The van der Waals surface area contributed by atoms with Crippen molar-refractivity contribution in [2.75, 3.05) is 26.7 Å². The van der Waals surface area contributed by atoms with E-state index in [1.54, 1.807) is 0 Å². The van der Waals surface area contributed by atoms with Gasteiger partial charge in [0.1, 0.15) is 6.10 Å². The summed E-state index contributed by atoms with van der Waals surface area (Å²) in [5, 5.41) is 1.52. The number of hydroxylamine groups is 2. The van der Waals surface area contributed by atoms with E-state index >= 15 is 0 Å². The molecule has 3 fully saturated rings. The van der Waals surface area contributed by atoms with Gasteiger partial charge in [-0.15, -0.1) is 0 Å². The summed E-state index contributed by atoms with van der Waals surface area (Å²) in [6.07, 6.45) is 4.97. The molecule has 0 aromatic heterocycles. The number of amides is 1. The van der Waals surface area contributed by atoms with Crippen LogP contribution < -0.4 is 0 Å². The zero-order chi connectivity index (χ0) is 12.5. The topological polar surface area (TPSA) is 42.0 Å². The van der Waals surface area contributed by atoms with Crippen LogP contribution in [-0.4, -0.2) is 60.9 Å². The Labute approximate surface area is 108 Å². The van der Waals surface area contributed by atoms with E-state index in [2.05, 4.69) is 11.9 Å². The van der Waals surface area contributed by atoms with Gasteiger partial charge >= 0.3 is 0 Å². The number of likely N-dealkylation sites (N-methyl/N-ethyl adjacent to an activating group) is 1. The molecule has 3 aliphatic rings. The molecule has 102 valence electrons. The van der Waals surface area contributed by atoms with E-state index in [-0.39, 0.29) is 18.1 Å². The van der Waals surface area contributed by atoms with Gasteiger partial charge in [-0.3, -0.25) is 9.63 Å². The zero-order valence-corrected chi connectivity index (χ0v) is 11.0. The number of fused-ring (bicyclic) bond motifs is 1. The molecule has 0 aromatic rings. The third-order valence-electron chi connectivity index (χ3n) is 4.35. The second-order valence-corrected chi connectivity index (χ2v) is 5.56. The second kappa shape index (κ2) is 5.15. The summed E-state index contributed by atoms with van der Waals surface area (Å²) in [6.45, 7) is 2.45. The molecule has 0 spiro atoms. The number of ether oxygens (including phenoxy) is 1. The van der Waals surface area contributed by atoms with Crippen LogP contribution in [0.25, 0.3) is 0 Å². The minimum Gasteiger partial charge on any atom is -0.363 e. The Bertz CT molecular complexity index is 317. The van der Waals surface area contributed by atoms with Gasteiger partial charge in [0.25, 0.3) is 5.91 Å². The minimum absolute atomic E-state index is 0.0303. The number of likely N-dealkylation sites (tertiary alicyclic amines) is 1. The van der Waals surface area contributed by atoms with Crippen molar-refractivity contribution in [2.45, 2.75) is 50.4 Å². The first-order valence-electron chi connectivity index (χ1n) is 7.06. The van der Waals surface area contributed by atoms with Crippen LogP contribution in [0.3, 0.4) is 0 Å². The van der Waals surface area contributed by atoms with Gasteiger partial charge in [-0.25, -0.2) is 5.06 Å². The monoisotopic (exact) mass is 254 g/mol. The van der Waals surface area contributed by atoms with Gasteiger partial charge < -0.3 is 9.64 Å². The fourth-order valence-corrected chi connectivity index (χ4v) is 3.25. The fourth-order valence-electron chi connectivity index (χ4n) is 3.25. The highest BCUT2D eigenvalue weighted by atomic mass is 16.7. The predicted molar refractivity (Wildman–Crippen MR) is 65.8 cm³/mol. The molecule has 3 aliphatic heterocycles. The maximum absolute atomic E-state index is 12.3. The normalized spacial score (nSPS) is 37.6. The molecule has 1 amide bonds. The van der Waals surface area contributed by atoms with Crippen LogP contribution in [0.2, 0.25) is 0 Å². The van der Waals surface area contributed by atoms with Gasteiger partial charge in [0.05, 0.1) is 12.7 Å². The molecular formula is C13H22N2O3. The van der Waals surface area contributed by atoms with Gasteiger partial charge in [0.15, 0.2) is 0 Å². The fraction of sp³-hybridized carbons (Fsp3) is 0.923. The lowest BCUT2D eigenvalue weighted by Gasteiger charge is -2.36. The van der Waals surface area contributed by atoms with Crippen molar-refractivity contribution in [2.24, 2.45) is 0 Å². The Morgan fingerprint density at radius 1 is 1.17 bits per heavy atom. The van der Waals surface area contributed by atoms with Crippen LogP contribution in [0.1, 0.15) is 32.1 Å². The summed E-state index contributed by atoms with van der Waals surface area (Å²) in [7, 11) is 2.14. The molecule has 3 saturated heterocycles. The Kier molecular flexibility index (Phi) is 3.54. The first-order chi connectivity index (χ1) is 8.75. The van der Waals surface area contributed by atoms with E-state index in [1.807, 2.05) is 0 Å². The third kappa shape index (κ3) is 2.27. The molecule has 3 atom stereocenters. The van der Waals surface area contributed by atoms with Gasteiger partial charge in [0.2, 0.25) is 0 Å². The summed E-state index contributed by atoms with van der Waals surface area (Å²) in [5.74, 6) is 0.0303. The Balaban J connectivity index is 1.59. The van der Waals surface area contributed by atoms with Crippen molar-refractivity contribution in [1.29, 1.82) is 0 Å². The van der Waals surface area contributed by atoms with Crippen molar-refractivity contribution >= 4 is 5.91 Å². The Morgan fingerprint density at radius 3 is 2.83 bits per heavy atom. The van der Waals surface area contributed by atoms with Crippen molar-refractivity contribution in [3.05, 3.63) is 0 Å². The van der Waals surface area contributed by atoms with E-state index in [0.717, 1.165) is 38.6 Å². The number of carbonyl (C=O) groups is 1. The van der Waals surface area contributed by atoms with Crippen LogP contribution in [0.5, 0.6) is 0 Å². The molecule has 0 aliphatic carbocycles. The summed E-state index contributed by atoms with van der Waals surface area (Å²) < 4.78 is 5.98. The Hall–Kier alpha value is -0.650. The summed E-state index contributed by atoms with van der Waals surface area (Å²) in [4.78, 5) is 20.1.